The third-order valence-electron chi connectivity index (χ3n) is 2.75. The largest absolute Gasteiger partial charge is 0.497 e. The Morgan fingerprint density at radius 2 is 1.82 bits per heavy atom. The number of aliphatic hydroxyl groups excluding tert-OH is 1. The topological polar surface area (TPSA) is 64.7 Å². The fourth-order valence-electron chi connectivity index (χ4n) is 1.73. The van der Waals surface area contributed by atoms with Gasteiger partial charge >= 0.3 is 0 Å². The van der Waals surface area contributed by atoms with Crippen LogP contribution in [0.2, 0.25) is 0 Å². The SMILES string of the molecule is CC.COCc1nc(/C=C/c2ccc(OC)cc2)oc1CO. The van der Waals surface area contributed by atoms with Crippen molar-refractivity contribution in [1.82, 2.24) is 4.98 Å². The van der Waals surface area contributed by atoms with Crippen molar-refractivity contribution in [2.75, 3.05) is 14.2 Å². The van der Waals surface area contributed by atoms with Gasteiger partial charge in [-0.25, -0.2) is 4.98 Å². The third kappa shape index (κ3) is 5.02. The maximum absolute atomic E-state index is 9.17. The van der Waals surface area contributed by atoms with Gasteiger partial charge in [-0.3, -0.25) is 0 Å². The first-order valence-corrected chi connectivity index (χ1v) is 7.17. The van der Waals surface area contributed by atoms with Crippen LogP contribution in [0.25, 0.3) is 12.2 Å². The zero-order chi connectivity index (χ0) is 16.4. The standard InChI is InChI=1S/C15H17NO4.C2H6/c1-18-10-13-14(9-17)20-15(16-13)8-5-11-3-6-12(19-2)7-4-11;1-2/h3-8,17H,9-10H2,1-2H3;1-2H3/b8-5+;. The van der Waals surface area contributed by atoms with Crippen LogP contribution in [-0.4, -0.2) is 24.3 Å². The summed E-state index contributed by atoms with van der Waals surface area (Å²) in [6, 6.07) is 7.62. The van der Waals surface area contributed by atoms with E-state index in [0.717, 1.165) is 11.3 Å². The molecule has 1 aromatic heterocycles. The van der Waals surface area contributed by atoms with Crippen molar-refractivity contribution in [2.24, 2.45) is 0 Å². The Morgan fingerprint density at radius 1 is 1.14 bits per heavy atom. The predicted molar refractivity (Wildman–Crippen MR) is 86.4 cm³/mol. The Hall–Kier alpha value is -2.11. The molecule has 0 spiro atoms. The van der Waals surface area contributed by atoms with Gasteiger partial charge in [0.1, 0.15) is 18.1 Å². The van der Waals surface area contributed by atoms with Crippen LogP contribution in [0.15, 0.2) is 28.7 Å². The van der Waals surface area contributed by atoms with E-state index in [4.69, 9.17) is 13.9 Å². The number of methoxy groups -OCH3 is 2. The molecule has 0 amide bonds. The Kier molecular flexibility index (Phi) is 7.96. The summed E-state index contributed by atoms with van der Waals surface area (Å²) in [5, 5.41) is 9.17. The molecular weight excluding hydrogens is 282 g/mol. The Bertz CT molecular complexity index is 573. The van der Waals surface area contributed by atoms with Gasteiger partial charge in [0, 0.05) is 13.2 Å². The van der Waals surface area contributed by atoms with Crippen LogP contribution >= 0.6 is 0 Å². The first-order chi connectivity index (χ1) is 10.8. The molecule has 0 radical (unpaired) electrons. The van der Waals surface area contributed by atoms with Gasteiger partial charge in [0.25, 0.3) is 0 Å². The minimum absolute atomic E-state index is 0.192. The fraction of sp³-hybridized carbons (Fsp3) is 0.353. The van der Waals surface area contributed by atoms with Crippen molar-refractivity contribution in [2.45, 2.75) is 27.1 Å². The van der Waals surface area contributed by atoms with E-state index >= 15 is 0 Å². The van der Waals surface area contributed by atoms with Crippen LogP contribution in [0.5, 0.6) is 5.75 Å². The highest BCUT2D eigenvalue weighted by molar-refractivity contribution is 5.66. The Balaban J connectivity index is 0.00000116. The monoisotopic (exact) mass is 305 g/mol. The lowest BCUT2D eigenvalue weighted by Crippen LogP contribution is -1.93. The van der Waals surface area contributed by atoms with Gasteiger partial charge < -0.3 is 19.0 Å². The molecule has 0 aliphatic rings. The minimum atomic E-state index is -0.192. The number of rotatable bonds is 6. The number of oxazole rings is 1. The van der Waals surface area contributed by atoms with Gasteiger partial charge in [-0.2, -0.15) is 0 Å². The summed E-state index contributed by atoms with van der Waals surface area (Å²) in [5.41, 5.74) is 1.62. The van der Waals surface area contributed by atoms with E-state index in [0.29, 0.717) is 24.0 Å². The van der Waals surface area contributed by atoms with Crippen molar-refractivity contribution in [3.8, 4) is 5.75 Å². The molecule has 22 heavy (non-hydrogen) atoms. The van der Waals surface area contributed by atoms with E-state index in [-0.39, 0.29) is 6.61 Å². The molecule has 0 fully saturated rings. The maximum Gasteiger partial charge on any atom is 0.219 e. The third-order valence-corrected chi connectivity index (χ3v) is 2.75. The van der Waals surface area contributed by atoms with Crippen LogP contribution in [0.4, 0.5) is 0 Å². The number of hydrogen-bond acceptors (Lipinski definition) is 5. The zero-order valence-corrected chi connectivity index (χ0v) is 13.5. The molecule has 1 N–H and O–H groups in total. The van der Waals surface area contributed by atoms with E-state index < -0.39 is 0 Å². The van der Waals surface area contributed by atoms with Crippen LogP contribution in [0.3, 0.4) is 0 Å². The summed E-state index contributed by atoms with van der Waals surface area (Å²) >= 11 is 0. The molecule has 0 saturated carbocycles. The molecular formula is C17H23NO4. The Morgan fingerprint density at radius 3 is 2.36 bits per heavy atom. The molecule has 0 unspecified atom stereocenters. The summed E-state index contributed by atoms with van der Waals surface area (Å²) < 4.78 is 15.5. The average Bonchev–Trinajstić information content (AvgIpc) is 2.98. The molecule has 0 aliphatic carbocycles. The highest BCUT2D eigenvalue weighted by Gasteiger charge is 2.10. The van der Waals surface area contributed by atoms with Crippen molar-refractivity contribution in [1.29, 1.82) is 0 Å². The number of aromatic nitrogens is 1. The lowest BCUT2D eigenvalue weighted by Gasteiger charge is -1.98. The van der Waals surface area contributed by atoms with Crippen molar-refractivity contribution < 1.29 is 19.0 Å². The quantitative estimate of drug-likeness (QED) is 0.884. The van der Waals surface area contributed by atoms with Crippen LogP contribution in [0.1, 0.15) is 36.8 Å². The highest BCUT2D eigenvalue weighted by atomic mass is 16.5. The normalized spacial score (nSPS) is 10.4. The van der Waals surface area contributed by atoms with Gasteiger partial charge in [-0.05, 0) is 23.8 Å². The van der Waals surface area contributed by atoms with Crippen LogP contribution < -0.4 is 4.74 Å². The molecule has 0 bridgehead atoms. The van der Waals surface area contributed by atoms with E-state index in [2.05, 4.69) is 4.98 Å². The molecule has 2 rings (SSSR count). The summed E-state index contributed by atoms with van der Waals surface area (Å²) in [7, 11) is 3.20. The summed E-state index contributed by atoms with van der Waals surface area (Å²) in [6.45, 7) is 4.12. The van der Waals surface area contributed by atoms with Gasteiger partial charge in [0.15, 0.2) is 5.76 Å². The second kappa shape index (κ2) is 9.76. The number of benzene rings is 1. The molecule has 5 heteroatoms. The fourth-order valence-corrected chi connectivity index (χ4v) is 1.73. The number of nitrogens with zero attached hydrogens (tertiary/aromatic N) is 1. The van der Waals surface area contributed by atoms with Crippen molar-refractivity contribution in [3.05, 3.63) is 47.2 Å². The van der Waals surface area contributed by atoms with E-state index in [1.165, 1.54) is 0 Å². The molecule has 2 aromatic rings. The second-order valence-corrected chi connectivity index (χ2v) is 4.12. The Labute approximate surface area is 131 Å². The number of hydrogen-bond donors (Lipinski definition) is 1. The summed E-state index contributed by atoms with van der Waals surface area (Å²) in [6.07, 6.45) is 3.63. The summed E-state index contributed by atoms with van der Waals surface area (Å²) in [4.78, 5) is 4.26. The maximum atomic E-state index is 9.17. The molecule has 0 saturated heterocycles. The van der Waals surface area contributed by atoms with Crippen LogP contribution in [0, 0.1) is 0 Å². The molecule has 5 nitrogen and oxygen atoms in total. The van der Waals surface area contributed by atoms with E-state index in [1.54, 1.807) is 20.3 Å². The second-order valence-electron chi connectivity index (χ2n) is 4.12. The van der Waals surface area contributed by atoms with Gasteiger partial charge in [0.05, 0.1) is 13.7 Å². The smallest absolute Gasteiger partial charge is 0.219 e. The average molecular weight is 305 g/mol. The molecule has 120 valence electrons. The molecule has 0 aliphatic heterocycles. The van der Waals surface area contributed by atoms with Crippen molar-refractivity contribution >= 4 is 12.2 Å². The lowest BCUT2D eigenvalue weighted by atomic mass is 10.2. The lowest BCUT2D eigenvalue weighted by molar-refractivity contribution is 0.175. The number of ether oxygens (including phenoxy) is 2. The zero-order valence-electron chi connectivity index (χ0n) is 13.5. The van der Waals surface area contributed by atoms with Crippen LogP contribution in [-0.2, 0) is 18.0 Å². The van der Waals surface area contributed by atoms with Gasteiger partial charge in [-0.1, -0.05) is 26.0 Å². The predicted octanol–water partition coefficient (Wildman–Crippen LogP) is 3.52. The molecule has 1 aromatic carbocycles. The highest BCUT2D eigenvalue weighted by Crippen LogP contribution is 2.16. The van der Waals surface area contributed by atoms with Crippen molar-refractivity contribution in [3.63, 3.8) is 0 Å². The molecule has 0 atom stereocenters. The van der Waals surface area contributed by atoms with E-state index in [9.17, 15) is 5.11 Å². The van der Waals surface area contributed by atoms with Gasteiger partial charge in [0.2, 0.25) is 5.89 Å². The summed E-state index contributed by atoms with van der Waals surface area (Å²) in [5.74, 6) is 1.68. The first kappa shape index (κ1) is 17.9. The minimum Gasteiger partial charge on any atom is -0.497 e. The van der Waals surface area contributed by atoms with Gasteiger partial charge in [-0.15, -0.1) is 0 Å². The molecule has 1 heterocycles. The number of aliphatic hydroxyl groups is 1. The first-order valence-electron chi connectivity index (χ1n) is 7.17. The van der Waals surface area contributed by atoms with E-state index in [1.807, 2.05) is 44.2 Å².